The molecule has 0 aromatic heterocycles. The summed E-state index contributed by atoms with van der Waals surface area (Å²) in [5.41, 5.74) is 1.17. The molecule has 2 aromatic rings. The number of anilines is 1. The summed E-state index contributed by atoms with van der Waals surface area (Å²) in [5, 5.41) is 3.42. The molecule has 0 saturated carbocycles. The second-order valence-electron chi connectivity index (χ2n) is 8.30. The molecule has 0 atom stereocenters. The molecule has 1 saturated heterocycles. The summed E-state index contributed by atoms with van der Waals surface area (Å²) in [6.45, 7) is 6.98. The highest BCUT2D eigenvalue weighted by Crippen LogP contribution is 2.29. The Hall–Kier alpha value is -1.84. The van der Waals surface area contributed by atoms with E-state index < -0.39 is 10.0 Å². The summed E-state index contributed by atoms with van der Waals surface area (Å²) in [7, 11) is -1.90. The van der Waals surface area contributed by atoms with Gasteiger partial charge in [0.15, 0.2) is 0 Å². The van der Waals surface area contributed by atoms with Crippen molar-refractivity contribution in [3.05, 3.63) is 58.1 Å². The number of amides is 1. The predicted octanol–water partition coefficient (Wildman–Crippen LogP) is 3.25. The first kappa shape index (κ1) is 25.8. The highest BCUT2D eigenvalue weighted by Gasteiger charge is 2.27. The average Bonchev–Trinajstić information content (AvgIpc) is 2.76. The number of hydrogen-bond acceptors (Lipinski definition) is 5. The van der Waals surface area contributed by atoms with E-state index in [0.29, 0.717) is 6.54 Å². The minimum Gasteiger partial charge on any atom is -0.354 e. The number of likely N-dealkylation sites (N-methyl/N-ethyl adjacent to an activating group) is 1. The average molecular weight is 513 g/mol. The SMILES string of the molecule is Cc1ccc(S(=O)(=O)N(CC(=O)NCCCN2CCN(C)CC2)c2cc(Cl)cc(Cl)c2)cc1. The Morgan fingerprint density at radius 1 is 1.03 bits per heavy atom. The number of sulfonamides is 1. The summed E-state index contributed by atoms with van der Waals surface area (Å²) in [4.78, 5) is 17.5. The van der Waals surface area contributed by atoms with Crippen LogP contribution in [-0.2, 0) is 14.8 Å². The maximum Gasteiger partial charge on any atom is 0.264 e. The molecule has 0 aliphatic carbocycles. The largest absolute Gasteiger partial charge is 0.354 e. The topological polar surface area (TPSA) is 73.0 Å². The second kappa shape index (κ2) is 11.5. The van der Waals surface area contributed by atoms with E-state index in [4.69, 9.17) is 23.2 Å². The first-order chi connectivity index (χ1) is 15.6. The number of carbonyl (C=O) groups excluding carboxylic acids is 1. The zero-order chi connectivity index (χ0) is 24.0. The Bertz CT molecular complexity index is 1040. The van der Waals surface area contributed by atoms with Crippen LogP contribution in [0.1, 0.15) is 12.0 Å². The molecule has 1 fully saturated rings. The van der Waals surface area contributed by atoms with Gasteiger partial charge < -0.3 is 15.1 Å². The number of halogens is 2. The van der Waals surface area contributed by atoms with Gasteiger partial charge in [-0.25, -0.2) is 8.42 Å². The van der Waals surface area contributed by atoms with E-state index in [2.05, 4.69) is 22.2 Å². The van der Waals surface area contributed by atoms with Gasteiger partial charge in [-0.1, -0.05) is 40.9 Å². The molecule has 3 rings (SSSR count). The zero-order valence-electron chi connectivity index (χ0n) is 18.9. The summed E-state index contributed by atoms with van der Waals surface area (Å²) in [6, 6.07) is 11.0. The first-order valence-electron chi connectivity index (χ1n) is 10.9. The van der Waals surface area contributed by atoms with Crippen LogP contribution in [0.5, 0.6) is 0 Å². The monoisotopic (exact) mass is 512 g/mol. The molecule has 1 N–H and O–H groups in total. The maximum absolute atomic E-state index is 13.4. The lowest BCUT2D eigenvalue weighted by molar-refractivity contribution is -0.119. The van der Waals surface area contributed by atoms with Crippen molar-refractivity contribution >= 4 is 44.8 Å². The third kappa shape index (κ3) is 7.32. The highest BCUT2D eigenvalue weighted by atomic mass is 35.5. The maximum atomic E-state index is 13.4. The molecule has 1 aliphatic heterocycles. The van der Waals surface area contributed by atoms with E-state index in [1.165, 1.54) is 30.3 Å². The van der Waals surface area contributed by atoms with Crippen LogP contribution in [0.25, 0.3) is 0 Å². The van der Waals surface area contributed by atoms with Gasteiger partial charge in [-0.3, -0.25) is 9.10 Å². The van der Waals surface area contributed by atoms with Crippen molar-refractivity contribution in [1.29, 1.82) is 0 Å². The van der Waals surface area contributed by atoms with Crippen molar-refractivity contribution in [2.45, 2.75) is 18.2 Å². The van der Waals surface area contributed by atoms with Gasteiger partial charge in [0.1, 0.15) is 6.54 Å². The van der Waals surface area contributed by atoms with Crippen LogP contribution in [0.15, 0.2) is 47.4 Å². The lowest BCUT2D eigenvalue weighted by Crippen LogP contribution is -2.45. The molecule has 1 amide bonds. The Morgan fingerprint density at radius 2 is 1.64 bits per heavy atom. The van der Waals surface area contributed by atoms with Gasteiger partial charge in [0, 0.05) is 42.8 Å². The molecular formula is C23H30Cl2N4O3S. The van der Waals surface area contributed by atoms with Crippen LogP contribution in [-0.4, -0.2) is 77.0 Å². The molecule has 1 aliphatic rings. The van der Waals surface area contributed by atoms with Crippen LogP contribution in [0, 0.1) is 6.92 Å². The van der Waals surface area contributed by atoms with Gasteiger partial charge in [-0.15, -0.1) is 0 Å². The fourth-order valence-electron chi connectivity index (χ4n) is 3.62. The van der Waals surface area contributed by atoms with E-state index in [9.17, 15) is 13.2 Å². The number of piperazine rings is 1. The highest BCUT2D eigenvalue weighted by molar-refractivity contribution is 7.92. The standard InChI is InChI=1S/C23H30Cl2N4O3S/c1-18-4-6-22(7-5-18)33(31,32)29(21-15-19(24)14-20(25)16-21)17-23(30)26-8-3-9-28-12-10-27(2)11-13-28/h4-7,14-16H,3,8-13,17H2,1-2H3,(H,26,30). The number of aryl methyl sites for hydroxylation is 1. The number of hydrogen-bond donors (Lipinski definition) is 1. The van der Waals surface area contributed by atoms with Gasteiger partial charge in [0.05, 0.1) is 10.6 Å². The van der Waals surface area contributed by atoms with Gasteiger partial charge in [-0.05, 0) is 57.3 Å². The second-order valence-corrected chi connectivity index (χ2v) is 11.0. The number of carbonyl (C=O) groups is 1. The Labute approximate surface area is 206 Å². The van der Waals surface area contributed by atoms with Crippen molar-refractivity contribution in [2.24, 2.45) is 0 Å². The van der Waals surface area contributed by atoms with Gasteiger partial charge >= 0.3 is 0 Å². The fraction of sp³-hybridized carbons (Fsp3) is 0.435. The number of rotatable bonds is 9. The molecule has 0 radical (unpaired) electrons. The lowest BCUT2D eigenvalue weighted by Gasteiger charge is -2.32. The summed E-state index contributed by atoms with van der Waals surface area (Å²) >= 11 is 12.2. The van der Waals surface area contributed by atoms with Crippen molar-refractivity contribution in [2.75, 3.05) is 57.2 Å². The summed E-state index contributed by atoms with van der Waals surface area (Å²) in [5.74, 6) is -0.389. The minimum atomic E-state index is -4.01. The smallest absolute Gasteiger partial charge is 0.264 e. The van der Waals surface area contributed by atoms with Crippen LogP contribution in [0.4, 0.5) is 5.69 Å². The molecule has 0 unspecified atom stereocenters. The van der Waals surface area contributed by atoms with Crippen molar-refractivity contribution in [3.63, 3.8) is 0 Å². The van der Waals surface area contributed by atoms with E-state index in [1.54, 1.807) is 12.1 Å². The number of benzene rings is 2. The van der Waals surface area contributed by atoms with Crippen LogP contribution < -0.4 is 9.62 Å². The Balaban J connectivity index is 1.69. The van der Waals surface area contributed by atoms with Crippen molar-refractivity contribution in [1.82, 2.24) is 15.1 Å². The molecule has 0 spiro atoms. The van der Waals surface area contributed by atoms with Gasteiger partial charge in [0.25, 0.3) is 10.0 Å². The van der Waals surface area contributed by atoms with Crippen LogP contribution in [0.2, 0.25) is 10.0 Å². The molecule has 2 aromatic carbocycles. The molecular weight excluding hydrogens is 483 g/mol. The third-order valence-electron chi connectivity index (χ3n) is 5.60. The summed E-state index contributed by atoms with van der Waals surface area (Å²) < 4.78 is 27.9. The third-order valence-corrected chi connectivity index (χ3v) is 7.83. The molecule has 180 valence electrons. The number of nitrogens with zero attached hydrogens (tertiary/aromatic N) is 3. The lowest BCUT2D eigenvalue weighted by atomic mass is 10.2. The molecule has 0 bridgehead atoms. The van der Waals surface area contributed by atoms with Crippen molar-refractivity contribution < 1.29 is 13.2 Å². The molecule has 33 heavy (non-hydrogen) atoms. The fourth-order valence-corrected chi connectivity index (χ4v) is 5.54. The van der Waals surface area contributed by atoms with Crippen molar-refractivity contribution in [3.8, 4) is 0 Å². The Kier molecular flexibility index (Phi) is 9.01. The normalized spacial score (nSPS) is 15.4. The van der Waals surface area contributed by atoms with Crippen LogP contribution in [0.3, 0.4) is 0 Å². The first-order valence-corrected chi connectivity index (χ1v) is 13.1. The van der Waals surface area contributed by atoms with Gasteiger partial charge in [-0.2, -0.15) is 0 Å². The van der Waals surface area contributed by atoms with E-state index in [-0.39, 0.29) is 33.1 Å². The zero-order valence-corrected chi connectivity index (χ0v) is 21.3. The predicted molar refractivity (Wildman–Crippen MR) is 134 cm³/mol. The Morgan fingerprint density at radius 3 is 2.24 bits per heavy atom. The minimum absolute atomic E-state index is 0.0899. The molecule has 7 nitrogen and oxygen atoms in total. The number of nitrogens with one attached hydrogen (secondary N) is 1. The summed E-state index contributed by atoms with van der Waals surface area (Å²) in [6.07, 6.45) is 0.795. The van der Waals surface area contributed by atoms with Gasteiger partial charge in [0.2, 0.25) is 5.91 Å². The van der Waals surface area contributed by atoms with Crippen LogP contribution >= 0.6 is 23.2 Å². The van der Waals surface area contributed by atoms with E-state index >= 15 is 0 Å². The molecule has 1 heterocycles. The molecule has 10 heteroatoms. The van der Waals surface area contributed by atoms with E-state index in [1.807, 2.05) is 6.92 Å². The van der Waals surface area contributed by atoms with E-state index in [0.717, 1.165) is 49.0 Å². The quantitative estimate of drug-likeness (QED) is 0.522.